The van der Waals surface area contributed by atoms with Crippen LogP contribution in [0.3, 0.4) is 0 Å². The fraction of sp³-hybridized carbons (Fsp3) is 0.222. The third-order valence-corrected chi connectivity index (χ3v) is 2.35. The predicted molar refractivity (Wildman–Crippen MR) is 52.9 cm³/mol. The van der Waals surface area contributed by atoms with Gasteiger partial charge in [0.2, 0.25) is 0 Å². The Morgan fingerprint density at radius 1 is 1.54 bits per heavy atom. The number of carbonyl (C=O) groups excluding carboxylic acids is 1. The Bertz CT molecular complexity index is 348. The molecule has 0 aliphatic heterocycles. The number of aryl methyl sites for hydroxylation is 1. The van der Waals surface area contributed by atoms with Gasteiger partial charge in [0.25, 0.3) is 0 Å². The quantitative estimate of drug-likeness (QED) is 0.613. The molecule has 0 saturated carbocycles. The van der Waals surface area contributed by atoms with Gasteiger partial charge < -0.3 is 5.11 Å². The second kappa shape index (κ2) is 3.99. The van der Waals surface area contributed by atoms with E-state index in [1.165, 1.54) is 12.1 Å². The Morgan fingerprint density at radius 2 is 2.15 bits per heavy atom. The first kappa shape index (κ1) is 10.4. The number of ketones is 1. The summed E-state index contributed by atoms with van der Waals surface area (Å²) in [5, 5.41) is 9.79. The highest BCUT2D eigenvalue weighted by Crippen LogP contribution is 2.26. The van der Waals surface area contributed by atoms with Gasteiger partial charge in [-0.05, 0) is 24.6 Å². The molecule has 0 aliphatic rings. The molecule has 13 heavy (non-hydrogen) atoms. The summed E-state index contributed by atoms with van der Waals surface area (Å²) in [5.74, 6) is -0.575. The van der Waals surface area contributed by atoms with E-state index in [1.54, 1.807) is 6.92 Å². The van der Waals surface area contributed by atoms with Gasteiger partial charge >= 0.3 is 0 Å². The third kappa shape index (κ3) is 2.14. The van der Waals surface area contributed by atoms with Crippen molar-refractivity contribution < 1.29 is 9.90 Å². The number of halogens is 2. The van der Waals surface area contributed by atoms with Crippen molar-refractivity contribution in [2.45, 2.75) is 6.92 Å². The molecule has 0 unspecified atom stereocenters. The minimum atomic E-state index is -0.307. The maximum Gasteiger partial charge on any atom is 0.181 e. The zero-order valence-electron chi connectivity index (χ0n) is 6.97. The first-order valence-corrected chi connectivity index (χ1v) is 4.55. The lowest BCUT2D eigenvalue weighted by Gasteiger charge is -2.04. The van der Waals surface area contributed by atoms with Gasteiger partial charge in [-0.25, -0.2) is 0 Å². The van der Waals surface area contributed by atoms with Crippen LogP contribution in [0.1, 0.15) is 15.9 Å². The zero-order valence-corrected chi connectivity index (χ0v) is 8.49. The van der Waals surface area contributed by atoms with E-state index in [0.29, 0.717) is 5.02 Å². The van der Waals surface area contributed by atoms with E-state index in [0.717, 1.165) is 5.56 Å². The Hall–Kier alpha value is -0.730. The molecule has 0 bridgehead atoms. The molecule has 0 radical (unpaired) electrons. The largest absolute Gasteiger partial charge is 0.507 e. The van der Waals surface area contributed by atoms with Crippen molar-refractivity contribution in [3.05, 3.63) is 28.3 Å². The molecule has 4 heteroatoms. The average molecular weight is 219 g/mol. The van der Waals surface area contributed by atoms with Crippen LogP contribution in [-0.4, -0.2) is 16.8 Å². The van der Waals surface area contributed by atoms with Crippen LogP contribution in [0.2, 0.25) is 5.02 Å². The maximum absolute atomic E-state index is 11.2. The Kier molecular flexibility index (Phi) is 3.17. The number of hydrogen-bond acceptors (Lipinski definition) is 2. The summed E-state index contributed by atoms with van der Waals surface area (Å²) in [5.41, 5.74) is 0.963. The van der Waals surface area contributed by atoms with Crippen LogP contribution in [0.5, 0.6) is 5.75 Å². The number of aromatic hydroxyl groups is 1. The van der Waals surface area contributed by atoms with Crippen molar-refractivity contribution in [1.29, 1.82) is 0 Å². The summed E-state index contributed by atoms with van der Waals surface area (Å²) in [7, 11) is 0. The van der Waals surface area contributed by atoms with Crippen molar-refractivity contribution in [2.75, 3.05) is 5.88 Å². The smallest absolute Gasteiger partial charge is 0.181 e. The average Bonchev–Trinajstić information content (AvgIpc) is 2.10. The summed E-state index contributed by atoms with van der Waals surface area (Å²) >= 11 is 11.1. The third-order valence-electron chi connectivity index (χ3n) is 1.70. The van der Waals surface area contributed by atoms with E-state index in [9.17, 15) is 9.90 Å². The van der Waals surface area contributed by atoms with E-state index in [-0.39, 0.29) is 23.0 Å². The molecular formula is C9H8Cl2O2. The van der Waals surface area contributed by atoms with E-state index in [2.05, 4.69) is 0 Å². The first-order chi connectivity index (χ1) is 6.06. The monoisotopic (exact) mass is 218 g/mol. The summed E-state index contributed by atoms with van der Waals surface area (Å²) in [4.78, 5) is 11.2. The number of phenols is 1. The van der Waals surface area contributed by atoms with Crippen molar-refractivity contribution >= 4 is 29.0 Å². The highest BCUT2D eigenvalue weighted by Gasteiger charge is 2.11. The molecule has 0 saturated heterocycles. The Labute approximate surface area is 86.1 Å². The van der Waals surface area contributed by atoms with Gasteiger partial charge in [0, 0.05) is 5.02 Å². The van der Waals surface area contributed by atoms with Crippen molar-refractivity contribution in [1.82, 2.24) is 0 Å². The number of Topliss-reactive ketones (excluding diaryl/α,β-unsaturated/α-hetero) is 1. The number of benzene rings is 1. The molecule has 1 aromatic carbocycles. The molecule has 0 fully saturated rings. The van der Waals surface area contributed by atoms with Crippen molar-refractivity contribution in [2.24, 2.45) is 0 Å². The predicted octanol–water partition coefficient (Wildman–Crippen LogP) is 2.78. The molecule has 0 atom stereocenters. The molecule has 0 aliphatic carbocycles. The minimum absolute atomic E-state index is 0.124. The number of alkyl halides is 1. The van der Waals surface area contributed by atoms with Crippen LogP contribution < -0.4 is 0 Å². The second-order valence-corrected chi connectivity index (χ2v) is 3.35. The molecule has 0 heterocycles. The van der Waals surface area contributed by atoms with E-state index >= 15 is 0 Å². The fourth-order valence-electron chi connectivity index (χ4n) is 0.966. The molecule has 1 N–H and O–H groups in total. The SMILES string of the molecule is Cc1cc(C(=O)CCl)c(O)cc1Cl. The van der Waals surface area contributed by atoms with Crippen LogP contribution in [0.25, 0.3) is 0 Å². The van der Waals surface area contributed by atoms with Gasteiger partial charge in [-0.2, -0.15) is 0 Å². The normalized spacial score (nSPS) is 10.1. The molecular weight excluding hydrogens is 211 g/mol. The first-order valence-electron chi connectivity index (χ1n) is 3.64. The van der Waals surface area contributed by atoms with Crippen LogP contribution >= 0.6 is 23.2 Å². The summed E-state index contributed by atoms with van der Waals surface area (Å²) < 4.78 is 0. The summed E-state index contributed by atoms with van der Waals surface area (Å²) in [6, 6.07) is 2.87. The van der Waals surface area contributed by atoms with Gasteiger partial charge in [-0.1, -0.05) is 11.6 Å². The minimum Gasteiger partial charge on any atom is -0.507 e. The Balaban J connectivity index is 3.23. The maximum atomic E-state index is 11.2. The van der Waals surface area contributed by atoms with E-state index < -0.39 is 0 Å². The van der Waals surface area contributed by atoms with Crippen LogP contribution in [0.4, 0.5) is 0 Å². The number of carbonyl (C=O) groups is 1. The summed E-state index contributed by atoms with van der Waals surface area (Å²) in [6.45, 7) is 1.76. The van der Waals surface area contributed by atoms with Gasteiger partial charge in [-0.3, -0.25) is 4.79 Å². The van der Waals surface area contributed by atoms with E-state index in [4.69, 9.17) is 23.2 Å². The zero-order chi connectivity index (χ0) is 10.0. The standard InChI is InChI=1S/C9H8Cl2O2/c1-5-2-6(9(13)4-10)8(12)3-7(5)11/h2-3,12H,4H2,1H3. The van der Waals surface area contributed by atoms with Crippen molar-refractivity contribution in [3.63, 3.8) is 0 Å². The van der Waals surface area contributed by atoms with Crippen LogP contribution in [-0.2, 0) is 0 Å². The fourth-order valence-corrected chi connectivity index (χ4v) is 1.27. The van der Waals surface area contributed by atoms with Gasteiger partial charge in [-0.15, -0.1) is 11.6 Å². The lowest BCUT2D eigenvalue weighted by Crippen LogP contribution is -2.01. The Morgan fingerprint density at radius 3 is 2.69 bits per heavy atom. The molecule has 70 valence electrons. The second-order valence-electron chi connectivity index (χ2n) is 2.68. The molecule has 2 nitrogen and oxygen atoms in total. The van der Waals surface area contributed by atoms with E-state index in [1.807, 2.05) is 0 Å². The summed E-state index contributed by atoms with van der Waals surface area (Å²) in [6.07, 6.45) is 0. The van der Waals surface area contributed by atoms with Crippen molar-refractivity contribution in [3.8, 4) is 5.75 Å². The number of hydrogen-bond donors (Lipinski definition) is 1. The van der Waals surface area contributed by atoms with Gasteiger partial charge in [0.1, 0.15) is 5.75 Å². The van der Waals surface area contributed by atoms with Crippen LogP contribution in [0, 0.1) is 6.92 Å². The molecule has 1 aromatic rings. The van der Waals surface area contributed by atoms with Gasteiger partial charge in [0.15, 0.2) is 5.78 Å². The lowest BCUT2D eigenvalue weighted by atomic mass is 10.1. The van der Waals surface area contributed by atoms with Gasteiger partial charge in [0.05, 0.1) is 11.4 Å². The number of rotatable bonds is 2. The lowest BCUT2D eigenvalue weighted by molar-refractivity contribution is 0.101. The highest BCUT2D eigenvalue weighted by molar-refractivity contribution is 6.32. The molecule has 0 amide bonds. The molecule has 0 aromatic heterocycles. The molecule has 1 rings (SSSR count). The van der Waals surface area contributed by atoms with Crippen LogP contribution in [0.15, 0.2) is 12.1 Å². The highest BCUT2D eigenvalue weighted by atomic mass is 35.5. The topological polar surface area (TPSA) is 37.3 Å². The number of phenolic OH excluding ortho intramolecular Hbond substituents is 1. The molecule has 0 spiro atoms.